The van der Waals surface area contributed by atoms with Crippen LogP contribution in [-0.2, 0) is 13.5 Å². The molecule has 0 spiro atoms. The third-order valence-corrected chi connectivity index (χ3v) is 5.08. The molecule has 0 radical (unpaired) electrons. The Morgan fingerprint density at radius 3 is 2.71 bits per heavy atom. The highest BCUT2D eigenvalue weighted by atomic mass is 15.4. The molecule has 2 unspecified atom stereocenters. The minimum Gasteiger partial charge on any atom is -0.312 e. The van der Waals surface area contributed by atoms with E-state index in [2.05, 4.69) is 33.2 Å². The Morgan fingerprint density at radius 2 is 2.14 bits per heavy atom. The summed E-state index contributed by atoms with van der Waals surface area (Å²) in [5, 5.41) is 8.09. The standard InChI is InChI=1S/C16H29N5/c1-3-7-17-15(5-4-14-6-8-18-19(14)2)16-13-20-9-11-21(16)12-10-20/h6,8,15-17H,3-5,7,9-13H2,1-2H3. The van der Waals surface area contributed by atoms with E-state index in [-0.39, 0.29) is 0 Å². The number of nitrogens with zero attached hydrogens (tertiary/aromatic N) is 4. The minimum atomic E-state index is 0.600. The van der Waals surface area contributed by atoms with Gasteiger partial charge >= 0.3 is 0 Å². The molecule has 3 fully saturated rings. The van der Waals surface area contributed by atoms with Crippen LogP contribution in [0.15, 0.2) is 12.3 Å². The topological polar surface area (TPSA) is 36.3 Å². The Morgan fingerprint density at radius 1 is 1.33 bits per heavy atom. The fraction of sp³-hybridized carbons (Fsp3) is 0.812. The van der Waals surface area contributed by atoms with Gasteiger partial charge in [0.05, 0.1) is 0 Å². The number of aryl methyl sites for hydroxylation is 2. The summed E-state index contributed by atoms with van der Waals surface area (Å²) >= 11 is 0. The number of rotatable bonds is 7. The third kappa shape index (κ3) is 3.47. The molecular formula is C16H29N5. The fourth-order valence-electron chi connectivity index (χ4n) is 3.75. The molecule has 4 rings (SSSR count). The smallest absolute Gasteiger partial charge is 0.0492 e. The first-order valence-electron chi connectivity index (χ1n) is 8.44. The molecule has 1 aromatic rings. The van der Waals surface area contributed by atoms with Crippen LogP contribution in [0.1, 0.15) is 25.5 Å². The van der Waals surface area contributed by atoms with Crippen molar-refractivity contribution in [1.29, 1.82) is 0 Å². The lowest BCUT2D eigenvalue weighted by Crippen LogP contribution is -2.66. The van der Waals surface area contributed by atoms with Gasteiger partial charge in [-0.1, -0.05) is 6.92 Å². The van der Waals surface area contributed by atoms with E-state index in [1.165, 1.54) is 51.3 Å². The van der Waals surface area contributed by atoms with Crippen LogP contribution in [0.3, 0.4) is 0 Å². The monoisotopic (exact) mass is 291 g/mol. The van der Waals surface area contributed by atoms with E-state index >= 15 is 0 Å². The summed E-state index contributed by atoms with van der Waals surface area (Å²) in [6, 6.07) is 3.43. The summed E-state index contributed by atoms with van der Waals surface area (Å²) in [7, 11) is 2.04. The van der Waals surface area contributed by atoms with E-state index in [0.29, 0.717) is 12.1 Å². The van der Waals surface area contributed by atoms with Crippen LogP contribution in [0.25, 0.3) is 0 Å². The summed E-state index contributed by atoms with van der Waals surface area (Å²) < 4.78 is 2.01. The molecule has 2 bridgehead atoms. The Hall–Kier alpha value is -0.910. The van der Waals surface area contributed by atoms with Gasteiger partial charge in [0.2, 0.25) is 0 Å². The average molecular weight is 291 g/mol. The van der Waals surface area contributed by atoms with E-state index in [1.54, 1.807) is 0 Å². The van der Waals surface area contributed by atoms with Crippen LogP contribution in [-0.4, -0.2) is 70.9 Å². The number of fused-ring (bicyclic) bond motifs is 3. The molecule has 4 heterocycles. The van der Waals surface area contributed by atoms with Gasteiger partial charge in [0.25, 0.3) is 0 Å². The van der Waals surface area contributed by atoms with E-state index < -0.39 is 0 Å². The predicted octanol–water partition coefficient (Wildman–Crippen LogP) is 0.721. The van der Waals surface area contributed by atoms with Crippen molar-refractivity contribution >= 4 is 0 Å². The average Bonchev–Trinajstić information content (AvgIpc) is 2.94. The van der Waals surface area contributed by atoms with Gasteiger partial charge in [-0.15, -0.1) is 0 Å². The molecule has 5 nitrogen and oxygen atoms in total. The van der Waals surface area contributed by atoms with Gasteiger partial charge in [-0.3, -0.25) is 14.5 Å². The van der Waals surface area contributed by atoms with Crippen LogP contribution < -0.4 is 5.32 Å². The highest BCUT2D eigenvalue weighted by Crippen LogP contribution is 2.21. The highest BCUT2D eigenvalue weighted by Gasteiger charge is 2.36. The van der Waals surface area contributed by atoms with Crippen molar-refractivity contribution in [3.8, 4) is 0 Å². The van der Waals surface area contributed by atoms with E-state index in [0.717, 1.165) is 13.0 Å². The first-order chi connectivity index (χ1) is 10.3. The van der Waals surface area contributed by atoms with E-state index in [1.807, 2.05) is 17.9 Å². The van der Waals surface area contributed by atoms with Gasteiger partial charge < -0.3 is 5.32 Å². The zero-order valence-corrected chi connectivity index (χ0v) is 13.5. The predicted molar refractivity (Wildman–Crippen MR) is 85.4 cm³/mol. The molecule has 118 valence electrons. The van der Waals surface area contributed by atoms with Crippen molar-refractivity contribution in [1.82, 2.24) is 24.9 Å². The van der Waals surface area contributed by atoms with Crippen molar-refractivity contribution in [2.24, 2.45) is 7.05 Å². The number of hydrogen-bond acceptors (Lipinski definition) is 4. The third-order valence-electron chi connectivity index (χ3n) is 5.08. The van der Waals surface area contributed by atoms with Crippen LogP contribution >= 0.6 is 0 Å². The van der Waals surface area contributed by atoms with Gasteiger partial charge in [-0.05, 0) is 31.9 Å². The molecule has 3 aliphatic heterocycles. The number of nitrogens with one attached hydrogen (secondary N) is 1. The molecule has 0 aromatic carbocycles. The summed E-state index contributed by atoms with van der Waals surface area (Å²) in [6.07, 6.45) is 5.43. The molecule has 1 aromatic heterocycles. The molecule has 5 heteroatoms. The van der Waals surface area contributed by atoms with Crippen LogP contribution in [0, 0.1) is 0 Å². The number of aromatic nitrogens is 2. The van der Waals surface area contributed by atoms with Crippen LogP contribution in [0.2, 0.25) is 0 Å². The molecule has 21 heavy (non-hydrogen) atoms. The van der Waals surface area contributed by atoms with Gasteiger partial charge in [0, 0.05) is 63.7 Å². The lowest BCUT2D eigenvalue weighted by molar-refractivity contribution is -0.00443. The highest BCUT2D eigenvalue weighted by molar-refractivity contribution is 5.02. The second-order valence-electron chi connectivity index (χ2n) is 6.45. The molecular weight excluding hydrogens is 262 g/mol. The molecule has 3 aliphatic rings. The molecule has 0 amide bonds. The Balaban J connectivity index is 1.61. The minimum absolute atomic E-state index is 0.600. The lowest BCUT2D eigenvalue weighted by Gasteiger charge is -2.50. The van der Waals surface area contributed by atoms with Gasteiger partial charge in [0.15, 0.2) is 0 Å². The van der Waals surface area contributed by atoms with Crippen molar-refractivity contribution < 1.29 is 0 Å². The Kier molecular flexibility index (Phi) is 4.93. The first kappa shape index (κ1) is 15.0. The van der Waals surface area contributed by atoms with Gasteiger partial charge in [-0.25, -0.2) is 0 Å². The van der Waals surface area contributed by atoms with Crippen molar-refractivity contribution in [3.05, 3.63) is 18.0 Å². The Labute approximate surface area is 128 Å². The Bertz CT molecular complexity index is 436. The summed E-state index contributed by atoms with van der Waals surface area (Å²) in [6.45, 7) is 9.65. The quantitative estimate of drug-likeness (QED) is 0.803. The van der Waals surface area contributed by atoms with Crippen LogP contribution in [0.5, 0.6) is 0 Å². The maximum atomic E-state index is 4.29. The van der Waals surface area contributed by atoms with Crippen molar-refractivity contribution in [2.45, 2.75) is 38.3 Å². The molecule has 1 N–H and O–H groups in total. The van der Waals surface area contributed by atoms with E-state index in [9.17, 15) is 0 Å². The maximum absolute atomic E-state index is 4.29. The zero-order valence-electron chi connectivity index (χ0n) is 13.5. The fourth-order valence-corrected chi connectivity index (χ4v) is 3.75. The lowest BCUT2D eigenvalue weighted by atomic mass is 9.95. The summed E-state index contributed by atoms with van der Waals surface area (Å²) in [5.41, 5.74) is 1.34. The molecule has 3 saturated heterocycles. The molecule has 0 aliphatic carbocycles. The zero-order chi connectivity index (χ0) is 14.7. The van der Waals surface area contributed by atoms with Crippen molar-refractivity contribution in [2.75, 3.05) is 39.3 Å². The summed E-state index contributed by atoms with van der Waals surface area (Å²) in [4.78, 5) is 5.34. The van der Waals surface area contributed by atoms with Crippen LogP contribution in [0.4, 0.5) is 0 Å². The first-order valence-corrected chi connectivity index (χ1v) is 8.44. The number of piperazine rings is 3. The molecule has 0 saturated carbocycles. The number of hydrogen-bond donors (Lipinski definition) is 1. The van der Waals surface area contributed by atoms with Gasteiger partial charge in [0.1, 0.15) is 0 Å². The normalized spacial score (nSPS) is 29.7. The van der Waals surface area contributed by atoms with Crippen molar-refractivity contribution in [3.63, 3.8) is 0 Å². The largest absolute Gasteiger partial charge is 0.312 e. The molecule has 2 atom stereocenters. The maximum Gasteiger partial charge on any atom is 0.0492 e. The SMILES string of the molecule is CCCNC(CCc1ccnn1C)C1CN2CCN1CC2. The second kappa shape index (κ2) is 6.90. The summed E-state index contributed by atoms with van der Waals surface area (Å²) in [5.74, 6) is 0. The van der Waals surface area contributed by atoms with E-state index in [4.69, 9.17) is 0 Å². The second-order valence-corrected chi connectivity index (χ2v) is 6.45. The van der Waals surface area contributed by atoms with Gasteiger partial charge in [-0.2, -0.15) is 5.10 Å².